The molecule has 4 aromatic rings. The van der Waals surface area contributed by atoms with E-state index >= 15 is 0 Å². The van der Waals surface area contributed by atoms with Crippen molar-refractivity contribution in [3.05, 3.63) is 127 Å². The first-order valence-electron chi connectivity index (χ1n) is 10.3. The molecule has 3 nitrogen and oxygen atoms in total. The lowest BCUT2D eigenvalue weighted by Gasteiger charge is -2.29. The van der Waals surface area contributed by atoms with Crippen molar-refractivity contribution >= 4 is 34.9 Å². The van der Waals surface area contributed by atoms with Gasteiger partial charge in [-0.05, 0) is 36.4 Å². The number of amidine groups is 1. The normalized spacial score (nSPS) is 15.9. The largest absolute Gasteiger partial charge is 0.305 e. The van der Waals surface area contributed by atoms with E-state index in [2.05, 4.69) is 41.7 Å². The molecule has 150 valence electrons. The van der Waals surface area contributed by atoms with Crippen LogP contribution >= 0.6 is 7.26 Å². The summed E-state index contributed by atoms with van der Waals surface area (Å²) in [5.74, 6) is 0.0569. The number of carbonyl (C=O) groups excluding carboxylic acids is 1. The van der Waals surface area contributed by atoms with Crippen LogP contribution < -0.4 is 21.2 Å². The Morgan fingerprint density at radius 1 is 0.581 bits per heavy atom. The maximum atomic E-state index is 13.5. The van der Waals surface area contributed by atoms with Gasteiger partial charge >= 0.3 is 0 Å². The summed E-state index contributed by atoms with van der Waals surface area (Å²) in [7, 11) is -2.41. The number of rotatable bonds is 5. The van der Waals surface area contributed by atoms with Gasteiger partial charge in [-0.3, -0.25) is 4.79 Å². The predicted octanol–water partition coefficient (Wildman–Crippen LogP) is 3.88. The molecule has 0 bridgehead atoms. The molecule has 4 heteroatoms. The molecule has 4 aromatic carbocycles. The second-order valence-electron chi connectivity index (χ2n) is 7.44. The molecule has 5 rings (SSSR count). The Morgan fingerprint density at radius 3 is 1.39 bits per heavy atom. The van der Waals surface area contributed by atoms with Crippen molar-refractivity contribution in [3.8, 4) is 0 Å². The first-order chi connectivity index (χ1) is 15.3. The van der Waals surface area contributed by atoms with Gasteiger partial charge in [0.2, 0.25) is 0 Å². The highest BCUT2D eigenvalue weighted by atomic mass is 31.2. The Kier molecular flexibility index (Phi) is 5.19. The van der Waals surface area contributed by atoms with E-state index in [9.17, 15) is 4.79 Å². The van der Waals surface area contributed by atoms with Crippen molar-refractivity contribution in [1.82, 2.24) is 5.32 Å². The molecule has 0 saturated carbocycles. The van der Waals surface area contributed by atoms with E-state index in [1.165, 1.54) is 0 Å². The van der Waals surface area contributed by atoms with Gasteiger partial charge in [0.1, 0.15) is 29.0 Å². The van der Waals surface area contributed by atoms with Gasteiger partial charge in [-0.1, -0.05) is 84.9 Å². The molecule has 0 spiro atoms. The molecule has 0 aromatic heterocycles. The third kappa shape index (κ3) is 3.37. The summed E-state index contributed by atoms with van der Waals surface area (Å²) in [6, 6.07) is 41.0. The number of carbonyl (C=O) groups is 1. The van der Waals surface area contributed by atoms with Gasteiger partial charge in [-0.2, -0.15) is 0 Å². The van der Waals surface area contributed by atoms with Crippen LogP contribution in [-0.4, -0.2) is 17.5 Å². The zero-order valence-corrected chi connectivity index (χ0v) is 17.8. The van der Waals surface area contributed by atoms with E-state index < -0.39 is 13.0 Å². The van der Waals surface area contributed by atoms with Gasteiger partial charge in [0.25, 0.3) is 11.7 Å². The number of hydrogen-bond donors (Lipinski definition) is 1. The van der Waals surface area contributed by atoms with E-state index in [1.807, 2.05) is 84.9 Å². The number of amides is 1. The molecule has 1 N–H and O–H groups in total. The van der Waals surface area contributed by atoms with Crippen LogP contribution in [0.5, 0.6) is 0 Å². The minimum atomic E-state index is -2.41. The molecule has 31 heavy (non-hydrogen) atoms. The summed E-state index contributed by atoms with van der Waals surface area (Å²) in [4.78, 5) is 18.6. The molecule has 1 amide bonds. The summed E-state index contributed by atoms with van der Waals surface area (Å²) >= 11 is 0. The van der Waals surface area contributed by atoms with Crippen LogP contribution in [0.4, 0.5) is 0 Å². The second kappa shape index (κ2) is 8.29. The fraction of sp³-hybridized carbons (Fsp3) is 0.0370. The molecular formula is C27H22N2OP+. The van der Waals surface area contributed by atoms with Crippen molar-refractivity contribution in [2.45, 2.75) is 5.78 Å². The number of benzene rings is 4. The van der Waals surface area contributed by atoms with Gasteiger partial charge < -0.3 is 5.32 Å². The SMILES string of the molecule is O=C1NC(c2ccccc2)=NC1[P+](c1ccccc1)(c1ccccc1)c1ccccc1. The molecule has 0 saturated heterocycles. The molecular weight excluding hydrogens is 399 g/mol. The third-order valence-corrected chi connectivity index (χ3v) is 10.1. The summed E-state index contributed by atoms with van der Waals surface area (Å²) in [5.41, 5.74) is 0.922. The smallest absolute Gasteiger partial charge is 0.290 e. The van der Waals surface area contributed by atoms with Crippen LogP contribution in [0.1, 0.15) is 5.56 Å². The number of nitrogens with zero attached hydrogens (tertiary/aromatic N) is 1. The molecule has 1 unspecified atom stereocenters. The highest BCUT2D eigenvalue weighted by Gasteiger charge is 2.58. The van der Waals surface area contributed by atoms with E-state index in [-0.39, 0.29) is 5.91 Å². The van der Waals surface area contributed by atoms with Crippen molar-refractivity contribution in [2.75, 3.05) is 0 Å². The highest BCUT2D eigenvalue weighted by molar-refractivity contribution is 7.96. The Labute approximate surface area is 182 Å². The van der Waals surface area contributed by atoms with Gasteiger partial charge in [-0.15, -0.1) is 0 Å². The number of hydrogen-bond acceptors (Lipinski definition) is 2. The zero-order valence-electron chi connectivity index (χ0n) is 16.9. The fourth-order valence-electron chi connectivity index (χ4n) is 4.26. The van der Waals surface area contributed by atoms with E-state index in [0.29, 0.717) is 5.84 Å². The quantitative estimate of drug-likeness (QED) is 0.488. The standard InChI is InChI=1S/C27H21N2OP/c30-26-27(29-25(28-26)21-13-5-1-6-14-21)31(22-15-7-2-8-16-22,23-17-9-3-10-18-23)24-19-11-4-12-20-24/h1-20,27H/p+1. The molecule has 0 aliphatic carbocycles. The summed E-state index contributed by atoms with van der Waals surface area (Å²) in [6.07, 6.45) is 0. The van der Waals surface area contributed by atoms with Crippen LogP contribution in [0.25, 0.3) is 0 Å². The number of nitrogens with one attached hydrogen (secondary N) is 1. The molecule has 1 aliphatic heterocycles. The van der Waals surface area contributed by atoms with Crippen molar-refractivity contribution < 1.29 is 4.79 Å². The average Bonchev–Trinajstić information content (AvgIpc) is 3.24. The topological polar surface area (TPSA) is 41.5 Å². The Hall–Kier alpha value is -3.55. The van der Waals surface area contributed by atoms with Crippen molar-refractivity contribution in [1.29, 1.82) is 0 Å². The summed E-state index contributed by atoms with van der Waals surface area (Å²) < 4.78 is 0. The average molecular weight is 421 g/mol. The lowest BCUT2D eigenvalue weighted by molar-refractivity contribution is -0.118. The molecule has 1 atom stereocenters. The number of aliphatic imine (C=N–C) groups is 1. The van der Waals surface area contributed by atoms with Crippen molar-refractivity contribution in [2.24, 2.45) is 4.99 Å². The van der Waals surface area contributed by atoms with Gasteiger partial charge in [-0.25, -0.2) is 4.99 Å². The van der Waals surface area contributed by atoms with Gasteiger partial charge in [0.05, 0.1) is 0 Å². The Morgan fingerprint density at radius 2 is 0.968 bits per heavy atom. The monoisotopic (exact) mass is 421 g/mol. The van der Waals surface area contributed by atoms with E-state index in [1.54, 1.807) is 0 Å². The van der Waals surface area contributed by atoms with Crippen LogP contribution in [0.3, 0.4) is 0 Å². The van der Waals surface area contributed by atoms with Crippen molar-refractivity contribution in [3.63, 3.8) is 0 Å². The van der Waals surface area contributed by atoms with Gasteiger partial charge in [0, 0.05) is 5.56 Å². The van der Waals surface area contributed by atoms with Gasteiger partial charge in [0.15, 0.2) is 0 Å². The lowest BCUT2D eigenvalue weighted by Crippen LogP contribution is -2.42. The summed E-state index contributed by atoms with van der Waals surface area (Å²) in [6.45, 7) is 0. The molecule has 0 radical (unpaired) electrons. The highest BCUT2D eigenvalue weighted by Crippen LogP contribution is 2.61. The lowest BCUT2D eigenvalue weighted by atomic mass is 10.2. The predicted molar refractivity (Wildman–Crippen MR) is 130 cm³/mol. The first kappa shape index (κ1) is 19.4. The Bertz CT molecular complexity index is 1110. The summed E-state index contributed by atoms with van der Waals surface area (Å²) in [5, 5.41) is 6.51. The van der Waals surface area contributed by atoms with E-state index in [0.717, 1.165) is 21.5 Å². The molecule has 0 fully saturated rings. The van der Waals surface area contributed by atoms with Crippen LogP contribution in [0.2, 0.25) is 0 Å². The fourth-order valence-corrected chi connectivity index (χ4v) is 8.63. The van der Waals surface area contributed by atoms with Crippen LogP contribution in [-0.2, 0) is 4.79 Å². The molecule has 1 heterocycles. The van der Waals surface area contributed by atoms with Crippen LogP contribution in [0, 0.1) is 0 Å². The minimum Gasteiger partial charge on any atom is -0.305 e. The maximum absolute atomic E-state index is 13.5. The third-order valence-electron chi connectivity index (χ3n) is 5.63. The van der Waals surface area contributed by atoms with Crippen LogP contribution in [0.15, 0.2) is 126 Å². The second-order valence-corrected chi connectivity index (χ2v) is 10.9. The zero-order chi connectivity index (χ0) is 21.1. The maximum Gasteiger partial charge on any atom is 0.290 e. The first-order valence-corrected chi connectivity index (χ1v) is 12.2. The Balaban J connectivity index is 1.80. The minimum absolute atomic E-state index is 0.0521. The van der Waals surface area contributed by atoms with E-state index in [4.69, 9.17) is 4.99 Å². The molecule has 1 aliphatic rings.